The Hall–Kier alpha value is -1.75. The number of nitrogens with zero attached hydrogens (tertiary/aromatic N) is 3. The largest absolute Gasteiger partial charge is 0.380 e. The van der Waals surface area contributed by atoms with Gasteiger partial charge in [0.15, 0.2) is 0 Å². The Labute approximate surface area is 162 Å². The fourth-order valence-electron chi connectivity index (χ4n) is 5.40. The van der Waals surface area contributed by atoms with Crippen LogP contribution in [0.5, 0.6) is 0 Å². The van der Waals surface area contributed by atoms with Crippen molar-refractivity contribution in [3.8, 4) is 0 Å². The van der Waals surface area contributed by atoms with Crippen LogP contribution in [0.2, 0.25) is 0 Å². The summed E-state index contributed by atoms with van der Waals surface area (Å²) in [5, 5.41) is 0. The molecule has 5 rings (SSSR count). The molecule has 0 N–H and O–H groups in total. The summed E-state index contributed by atoms with van der Waals surface area (Å²) >= 11 is 0. The number of likely N-dealkylation sites (tertiary alicyclic amines) is 1. The number of aromatic nitrogens is 1. The van der Waals surface area contributed by atoms with E-state index in [-0.39, 0.29) is 0 Å². The van der Waals surface area contributed by atoms with Gasteiger partial charge >= 0.3 is 0 Å². The molecule has 4 heterocycles. The van der Waals surface area contributed by atoms with Crippen LogP contribution in [0.15, 0.2) is 48.8 Å². The van der Waals surface area contributed by atoms with Gasteiger partial charge in [-0.25, -0.2) is 0 Å². The Morgan fingerprint density at radius 1 is 1.11 bits per heavy atom. The van der Waals surface area contributed by atoms with Gasteiger partial charge in [0.25, 0.3) is 0 Å². The third-order valence-electron chi connectivity index (χ3n) is 6.82. The van der Waals surface area contributed by atoms with Gasteiger partial charge in [-0.3, -0.25) is 14.8 Å². The fourth-order valence-corrected chi connectivity index (χ4v) is 5.40. The van der Waals surface area contributed by atoms with Crippen molar-refractivity contribution in [2.75, 3.05) is 32.8 Å². The first-order chi connectivity index (χ1) is 13.3. The Bertz CT molecular complexity index is 764. The number of ether oxygens (including phenoxy) is 1. The minimum Gasteiger partial charge on any atom is -0.380 e. The molecule has 2 aromatic rings. The molecule has 142 valence electrons. The second-order valence-electron chi connectivity index (χ2n) is 8.50. The molecular weight excluding hydrogens is 334 g/mol. The van der Waals surface area contributed by atoms with E-state index in [9.17, 15) is 0 Å². The van der Waals surface area contributed by atoms with Gasteiger partial charge in [0.2, 0.25) is 0 Å². The zero-order valence-electron chi connectivity index (χ0n) is 16.0. The van der Waals surface area contributed by atoms with Gasteiger partial charge in [0, 0.05) is 50.1 Å². The molecule has 1 atom stereocenters. The van der Waals surface area contributed by atoms with Crippen LogP contribution in [0.3, 0.4) is 0 Å². The van der Waals surface area contributed by atoms with E-state index in [0.29, 0.717) is 11.5 Å². The van der Waals surface area contributed by atoms with Gasteiger partial charge in [0.1, 0.15) is 0 Å². The van der Waals surface area contributed by atoms with Gasteiger partial charge in [0.05, 0.1) is 6.61 Å². The second kappa shape index (κ2) is 7.34. The van der Waals surface area contributed by atoms with Crippen LogP contribution in [0, 0.1) is 0 Å². The molecule has 3 aliphatic heterocycles. The van der Waals surface area contributed by atoms with Crippen LogP contribution < -0.4 is 0 Å². The first-order valence-electron chi connectivity index (χ1n) is 10.3. The van der Waals surface area contributed by atoms with E-state index >= 15 is 0 Å². The zero-order chi connectivity index (χ0) is 18.1. The highest BCUT2D eigenvalue weighted by atomic mass is 16.5. The molecule has 1 unspecified atom stereocenters. The Kier molecular flexibility index (Phi) is 4.72. The van der Waals surface area contributed by atoms with Gasteiger partial charge in [-0.1, -0.05) is 30.3 Å². The number of fused-ring (bicyclic) bond motifs is 2. The maximum Gasteiger partial charge on any atom is 0.0622 e. The zero-order valence-corrected chi connectivity index (χ0v) is 16.0. The summed E-state index contributed by atoms with van der Waals surface area (Å²) in [6.07, 6.45) is 7.58. The fraction of sp³-hybridized carbons (Fsp3) is 0.522. The molecule has 2 saturated heterocycles. The lowest BCUT2D eigenvalue weighted by molar-refractivity contribution is 0.0660. The van der Waals surface area contributed by atoms with Crippen LogP contribution >= 0.6 is 0 Å². The molecule has 0 aliphatic carbocycles. The lowest BCUT2D eigenvalue weighted by Gasteiger charge is -2.49. The van der Waals surface area contributed by atoms with Crippen molar-refractivity contribution in [1.29, 1.82) is 0 Å². The first kappa shape index (κ1) is 17.4. The highest BCUT2D eigenvalue weighted by Crippen LogP contribution is 2.42. The molecule has 4 heteroatoms. The molecule has 4 nitrogen and oxygen atoms in total. The van der Waals surface area contributed by atoms with E-state index in [0.717, 1.165) is 32.8 Å². The topological polar surface area (TPSA) is 28.6 Å². The van der Waals surface area contributed by atoms with Crippen molar-refractivity contribution in [3.63, 3.8) is 0 Å². The molecule has 0 saturated carbocycles. The van der Waals surface area contributed by atoms with Crippen molar-refractivity contribution < 1.29 is 4.74 Å². The maximum atomic E-state index is 5.63. The highest BCUT2D eigenvalue weighted by molar-refractivity contribution is 5.38. The van der Waals surface area contributed by atoms with E-state index in [1.807, 2.05) is 18.5 Å². The van der Waals surface area contributed by atoms with E-state index in [1.165, 1.54) is 43.5 Å². The number of hydrogen-bond donors (Lipinski definition) is 0. The smallest absolute Gasteiger partial charge is 0.0622 e. The number of benzene rings is 1. The van der Waals surface area contributed by atoms with E-state index in [4.69, 9.17) is 4.74 Å². The van der Waals surface area contributed by atoms with E-state index < -0.39 is 0 Å². The van der Waals surface area contributed by atoms with Crippen LogP contribution in [-0.4, -0.2) is 53.7 Å². The van der Waals surface area contributed by atoms with Gasteiger partial charge in [-0.2, -0.15) is 0 Å². The number of rotatable bonds is 3. The third kappa shape index (κ3) is 3.42. The summed E-state index contributed by atoms with van der Waals surface area (Å²) in [6.45, 7) is 7.46. The molecular formula is C23H29N3O. The summed E-state index contributed by atoms with van der Waals surface area (Å²) in [5.41, 5.74) is 4.74. The minimum atomic E-state index is 0.299. The van der Waals surface area contributed by atoms with Crippen molar-refractivity contribution >= 4 is 0 Å². The molecule has 0 amide bonds. The van der Waals surface area contributed by atoms with E-state index in [2.05, 4.69) is 45.1 Å². The maximum absolute atomic E-state index is 5.63. The first-order valence-corrected chi connectivity index (χ1v) is 10.3. The Balaban J connectivity index is 1.37. The SMILES string of the molecule is c1cncc(CN2Cc3ccccc3C3(CCN(C4CCOC4)CC3)C2)c1. The molecule has 1 aromatic carbocycles. The van der Waals surface area contributed by atoms with Crippen LogP contribution in [0.1, 0.15) is 36.0 Å². The van der Waals surface area contributed by atoms with Gasteiger partial charge in [-0.15, -0.1) is 0 Å². The average Bonchev–Trinajstić information content (AvgIpc) is 3.24. The summed E-state index contributed by atoms with van der Waals surface area (Å²) in [6, 6.07) is 14.1. The van der Waals surface area contributed by atoms with Crippen molar-refractivity contribution in [2.24, 2.45) is 0 Å². The molecule has 0 radical (unpaired) electrons. The van der Waals surface area contributed by atoms with Gasteiger partial charge < -0.3 is 4.74 Å². The molecule has 27 heavy (non-hydrogen) atoms. The normalized spacial score (nSPS) is 25.6. The summed E-state index contributed by atoms with van der Waals surface area (Å²) in [7, 11) is 0. The van der Waals surface area contributed by atoms with Gasteiger partial charge in [-0.05, 0) is 55.1 Å². The summed E-state index contributed by atoms with van der Waals surface area (Å²) in [4.78, 5) is 9.62. The number of pyridine rings is 1. The predicted octanol–water partition coefficient (Wildman–Crippen LogP) is 3.22. The monoisotopic (exact) mass is 363 g/mol. The lowest BCUT2D eigenvalue weighted by Crippen LogP contribution is -2.53. The quantitative estimate of drug-likeness (QED) is 0.837. The van der Waals surface area contributed by atoms with Crippen LogP contribution in [-0.2, 0) is 23.2 Å². The Morgan fingerprint density at radius 3 is 2.78 bits per heavy atom. The molecule has 1 aromatic heterocycles. The molecule has 3 aliphatic rings. The van der Waals surface area contributed by atoms with Crippen molar-refractivity contribution in [3.05, 3.63) is 65.5 Å². The van der Waals surface area contributed by atoms with E-state index in [1.54, 1.807) is 5.56 Å². The van der Waals surface area contributed by atoms with Crippen molar-refractivity contribution in [1.82, 2.24) is 14.8 Å². The Morgan fingerprint density at radius 2 is 2.00 bits per heavy atom. The van der Waals surface area contributed by atoms with Crippen LogP contribution in [0.4, 0.5) is 0 Å². The molecule has 2 fully saturated rings. The van der Waals surface area contributed by atoms with Crippen molar-refractivity contribution in [2.45, 2.75) is 43.8 Å². The van der Waals surface area contributed by atoms with Crippen LogP contribution in [0.25, 0.3) is 0 Å². The number of hydrogen-bond acceptors (Lipinski definition) is 4. The number of piperidine rings is 1. The average molecular weight is 364 g/mol. The summed E-state index contributed by atoms with van der Waals surface area (Å²) < 4.78 is 5.63. The molecule has 1 spiro atoms. The third-order valence-corrected chi connectivity index (χ3v) is 6.82. The predicted molar refractivity (Wildman–Crippen MR) is 107 cm³/mol. The minimum absolute atomic E-state index is 0.299. The highest BCUT2D eigenvalue weighted by Gasteiger charge is 2.43. The standard InChI is InChI=1S/C23H29N3O/c1-2-6-22-20(5-1)16-25(15-19-4-3-10-24-14-19)18-23(22)8-11-26(12-9-23)21-7-13-27-17-21/h1-6,10,14,21H,7-9,11-13,15-18H2. The molecule has 0 bridgehead atoms. The second-order valence-corrected chi connectivity index (χ2v) is 8.50. The summed E-state index contributed by atoms with van der Waals surface area (Å²) in [5.74, 6) is 0. The lowest BCUT2D eigenvalue weighted by atomic mass is 9.68.